The highest BCUT2D eigenvalue weighted by atomic mass is 14.8. The molecule has 0 heterocycles. The predicted octanol–water partition coefficient (Wildman–Crippen LogP) is 0.687. The molecule has 5 N–H and O–H groups in total. The first kappa shape index (κ1) is 9.03. The number of benzene rings is 1. The van der Waals surface area contributed by atoms with E-state index in [0.717, 1.165) is 11.3 Å². The van der Waals surface area contributed by atoms with Gasteiger partial charge in [0.05, 0.1) is 0 Å². The Labute approximate surface area is 72.8 Å². The van der Waals surface area contributed by atoms with Crippen molar-refractivity contribution in [3.05, 3.63) is 29.8 Å². The van der Waals surface area contributed by atoms with E-state index in [2.05, 4.69) is 5.32 Å². The van der Waals surface area contributed by atoms with Crippen molar-refractivity contribution in [2.75, 3.05) is 18.9 Å². The summed E-state index contributed by atoms with van der Waals surface area (Å²) >= 11 is 0. The minimum Gasteiger partial charge on any atom is -0.388 e. The minimum atomic E-state index is -0.0455. The van der Waals surface area contributed by atoms with Gasteiger partial charge < -0.3 is 16.8 Å². The van der Waals surface area contributed by atoms with Gasteiger partial charge in [0, 0.05) is 25.3 Å². The summed E-state index contributed by atoms with van der Waals surface area (Å²) in [5, 5.41) is 3.04. The van der Waals surface area contributed by atoms with Gasteiger partial charge in [-0.25, -0.2) is 0 Å². The lowest BCUT2D eigenvalue weighted by Crippen LogP contribution is -2.20. The Bertz CT molecular complexity index is 230. The third-order valence-electron chi connectivity index (χ3n) is 1.88. The van der Waals surface area contributed by atoms with Crippen LogP contribution in [0.1, 0.15) is 11.6 Å². The molecule has 12 heavy (non-hydrogen) atoms. The van der Waals surface area contributed by atoms with Crippen LogP contribution in [0.2, 0.25) is 0 Å². The largest absolute Gasteiger partial charge is 0.388 e. The fourth-order valence-corrected chi connectivity index (χ4v) is 1.03. The van der Waals surface area contributed by atoms with Crippen LogP contribution in [0, 0.1) is 0 Å². The Hall–Kier alpha value is -1.06. The normalized spacial score (nSPS) is 12.6. The van der Waals surface area contributed by atoms with Crippen LogP contribution in [-0.4, -0.2) is 13.6 Å². The molecule has 0 saturated heterocycles. The van der Waals surface area contributed by atoms with Crippen LogP contribution in [0.5, 0.6) is 0 Å². The average Bonchev–Trinajstić information content (AvgIpc) is 2.17. The van der Waals surface area contributed by atoms with Gasteiger partial charge in [-0.1, -0.05) is 12.1 Å². The number of anilines is 1. The molecule has 0 radical (unpaired) electrons. The molecule has 3 heteroatoms. The smallest absolute Gasteiger partial charge is 0.0419 e. The van der Waals surface area contributed by atoms with Gasteiger partial charge >= 0.3 is 0 Å². The second-order valence-electron chi connectivity index (χ2n) is 2.71. The van der Waals surface area contributed by atoms with E-state index in [0.29, 0.717) is 6.54 Å². The first-order chi connectivity index (χ1) is 5.77. The molecule has 3 nitrogen and oxygen atoms in total. The SMILES string of the molecule is CNc1ccc([C@H](N)CN)cc1. The summed E-state index contributed by atoms with van der Waals surface area (Å²) in [5.74, 6) is 0. The van der Waals surface area contributed by atoms with Crippen LogP contribution >= 0.6 is 0 Å². The molecular formula is C9H15N3. The van der Waals surface area contributed by atoms with Gasteiger partial charge in [-0.15, -0.1) is 0 Å². The van der Waals surface area contributed by atoms with Crippen molar-refractivity contribution >= 4 is 5.69 Å². The molecule has 66 valence electrons. The second-order valence-corrected chi connectivity index (χ2v) is 2.71. The van der Waals surface area contributed by atoms with Crippen LogP contribution in [0.25, 0.3) is 0 Å². The zero-order valence-electron chi connectivity index (χ0n) is 7.25. The molecule has 0 aliphatic rings. The Morgan fingerprint density at radius 1 is 1.33 bits per heavy atom. The van der Waals surface area contributed by atoms with Crippen molar-refractivity contribution in [3.8, 4) is 0 Å². The lowest BCUT2D eigenvalue weighted by molar-refractivity contribution is 0.737. The fourth-order valence-electron chi connectivity index (χ4n) is 1.03. The Morgan fingerprint density at radius 2 is 1.92 bits per heavy atom. The lowest BCUT2D eigenvalue weighted by Gasteiger charge is -2.09. The molecule has 1 rings (SSSR count). The van der Waals surface area contributed by atoms with Crippen molar-refractivity contribution in [3.63, 3.8) is 0 Å². The molecule has 1 atom stereocenters. The predicted molar refractivity (Wildman–Crippen MR) is 52.0 cm³/mol. The molecule has 0 spiro atoms. The van der Waals surface area contributed by atoms with Crippen molar-refractivity contribution in [2.45, 2.75) is 6.04 Å². The maximum Gasteiger partial charge on any atom is 0.0419 e. The van der Waals surface area contributed by atoms with E-state index in [-0.39, 0.29) is 6.04 Å². The van der Waals surface area contributed by atoms with E-state index < -0.39 is 0 Å². The van der Waals surface area contributed by atoms with Gasteiger partial charge in [0.25, 0.3) is 0 Å². The Kier molecular flexibility index (Phi) is 3.08. The maximum absolute atomic E-state index is 5.74. The van der Waals surface area contributed by atoms with Gasteiger partial charge in [0.2, 0.25) is 0 Å². The highest BCUT2D eigenvalue weighted by Gasteiger charge is 2.01. The minimum absolute atomic E-state index is 0.0455. The number of rotatable bonds is 3. The van der Waals surface area contributed by atoms with Gasteiger partial charge in [-0.2, -0.15) is 0 Å². The standard InChI is InChI=1S/C9H15N3/c1-12-8-4-2-7(3-5-8)9(11)6-10/h2-5,9,12H,6,10-11H2,1H3/t9-/m1/s1. The molecule has 0 aliphatic heterocycles. The topological polar surface area (TPSA) is 64.1 Å². The van der Waals surface area contributed by atoms with Crippen LogP contribution in [0.3, 0.4) is 0 Å². The number of hydrogen-bond acceptors (Lipinski definition) is 3. The molecular weight excluding hydrogens is 150 g/mol. The zero-order chi connectivity index (χ0) is 8.97. The molecule has 0 amide bonds. The van der Waals surface area contributed by atoms with Gasteiger partial charge in [-0.05, 0) is 17.7 Å². The Morgan fingerprint density at radius 3 is 2.33 bits per heavy atom. The van der Waals surface area contributed by atoms with Crippen LogP contribution < -0.4 is 16.8 Å². The third kappa shape index (κ3) is 1.96. The molecule has 1 aromatic rings. The number of hydrogen-bond donors (Lipinski definition) is 3. The summed E-state index contributed by atoms with van der Waals surface area (Å²) in [7, 11) is 1.89. The van der Waals surface area contributed by atoms with Crippen molar-refractivity contribution in [1.29, 1.82) is 0 Å². The van der Waals surface area contributed by atoms with E-state index >= 15 is 0 Å². The van der Waals surface area contributed by atoms with E-state index in [1.54, 1.807) is 0 Å². The monoisotopic (exact) mass is 165 g/mol. The summed E-state index contributed by atoms with van der Waals surface area (Å²) < 4.78 is 0. The molecule has 0 aliphatic carbocycles. The highest BCUT2D eigenvalue weighted by molar-refractivity contribution is 5.44. The molecule has 0 bridgehead atoms. The molecule has 0 unspecified atom stereocenters. The summed E-state index contributed by atoms with van der Waals surface area (Å²) in [4.78, 5) is 0. The first-order valence-corrected chi connectivity index (χ1v) is 4.01. The van der Waals surface area contributed by atoms with Crippen molar-refractivity contribution in [2.24, 2.45) is 11.5 Å². The number of nitrogens with two attached hydrogens (primary N) is 2. The maximum atomic E-state index is 5.74. The quantitative estimate of drug-likeness (QED) is 0.617. The lowest BCUT2D eigenvalue weighted by atomic mass is 10.1. The van der Waals surface area contributed by atoms with E-state index in [9.17, 15) is 0 Å². The Balaban J connectivity index is 2.77. The highest BCUT2D eigenvalue weighted by Crippen LogP contribution is 2.12. The third-order valence-corrected chi connectivity index (χ3v) is 1.88. The average molecular weight is 165 g/mol. The zero-order valence-corrected chi connectivity index (χ0v) is 7.25. The van der Waals surface area contributed by atoms with Crippen LogP contribution in [0.4, 0.5) is 5.69 Å². The molecule has 0 saturated carbocycles. The van der Waals surface area contributed by atoms with Crippen molar-refractivity contribution in [1.82, 2.24) is 0 Å². The molecule has 0 aromatic heterocycles. The summed E-state index contributed by atoms with van der Waals surface area (Å²) in [6, 6.07) is 7.92. The van der Waals surface area contributed by atoms with Gasteiger partial charge in [0.1, 0.15) is 0 Å². The molecule has 0 fully saturated rings. The van der Waals surface area contributed by atoms with E-state index in [1.807, 2.05) is 31.3 Å². The summed E-state index contributed by atoms with van der Waals surface area (Å²) in [6.07, 6.45) is 0. The first-order valence-electron chi connectivity index (χ1n) is 4.01. The number of nitrogens with one attached hydrogen (secondary N) is 1. The van der Waals surface area contributed by atoms with Gasteiger partial charge in [-0.3, -0.25) is 0 Å². The van der Waals surface area contributed by atoms with Crippen LogP contribution in [-0.2, 0) is 0 Å². The summed E-state index contributed by atoms with van der Waals surface area (Å²) in [5.41, 5.74) is 13.3. The van der Waals surface area contributed by atoms with E-state index in [1.165, 1.54) is 0 Å². The van der Waals surface area contributed by atoms with Crippen molar-refractivity contribution < 1.29 is 0 Å². The van der Waals surface area contributed by atoms with Gasteiger partial charge in [0.15, 0.2) is 0 Å². The summed E-state index contributed by atoms with van der Waals surface area (Å²) in [6.45, 7) is 0.485. The second kappa shape index (κ2) is 4.09. The van der Waals surface area contributed by atoms with Crippen LogP contribution in [0.15, 0.2) is 24.3 Å². The fraction of sp³-hybridized carbons (Fsp3) is 0.333. The van der Waals surface area contributed by atoms with E-state index in [4.69, 9.17) is 11.5 Å². The molecule has 1 aromatic carbocycles.